The minimum absolute atomic E-state index is 0.0344. The van der Waals surface area contributed by atoms with Crippen molar-refractivity contribution in [2.24, 2.45) is 0 Å². The van der Waals surface area contributed by atoms with Crippen LogP contribution in [0, 0.1) is 10.1 Å². The number of non-ortho nitro benzene ring substituents is 1. The smallest absolute Gasteiger partial charge is 0.397 e. The van der Waals surface area contributed by atoms with Crippen molar-refractivity contribution >= 4 is 36.1 Å². The molecule has 0 bridgehead atoms. The average molecular weight is 354 g/mol. The third kappa shape index (κ3) is 5.13. The van der Waals surface area contributed by atoms with Crippen LogP contribution in [-0.2, 0) is 13.6 Å². The summed E-state index contributed by atoms with van der Waals surface area (Å²) in [5, 5.41) is 15.2. The van der Waals surface area contributed by atoms with Gasteiger partial charge in [-0.15, -0.1) is 9.05 Å². The van der Waals surface area contributed by atoms with Crippen LogP contribution in [-0.4, -0.2) is 25.2 Å². The van der Waals surface area contributed by atoms with E-state index in [0.29, 0.717) is 24.3 Å². The van der Waals surface area contributed by atoms with Crippen molar-refractivity contribution in [3.63, 3.8) is 0 Å². The van der Waals surface area contributed by atoms with E-state index in [-0.39, 0.29) is 5.69 Å². The molecule has 0 atom stereocenters. The van der Waals surface area contributed by atoms with E-state index in [9.17, 15) is 14.7 Å². The number of anilines is 2. The Balaban J connectivity index is 0.000000307. The molecule has 0 aromatic heterocycles. The number of hydrogen-bond donors (Lipinski definition) is 2. The highest BCUT2D eigenvalue weighted by atomic mass is 31.1. The molecule has 0 unspecified atom stereocenters. The molecule has 0 heterocycles. The number of nitrogens with two attached hydrogens (primary N) is 1. The molecule has 3 N–H and O–H groups in total. The normalized spacial score (nSPS) is 9.96. The van der Waals surface area contributed by atoms with Crippen LogP contribution in [0.5, 0.6) is 0 Å². The average Bonchev–Trinajstić information content (AvgIpc) is 2.55. The minimum atomic E-state index is -1.83. The number of benzene rings is 2. The van der Waals surface area contributed by atoms with Gasteiger partial charge in [0.15, 0.2) is 0 Å². The van der Waals surface area contributed by atoms with Crippen LogP contribution in [0.3, 0.4) is 0 Å². The molecular formula is C15H21N3O5P+. The van der Waals surface area contributed by atoms with Gasteiger partial charge in [0.1, 0.15) is 13.2 Å². The van der Waals surface area contributed by atoms with Crippen LogP contribution in [0.1, 0.15) is 13.8 Å². The van der Waals surface area contributed by atoms with Crippen molar-refractivity contribution in [3.8, 4) is 0 Å². The highest BCUT2D eigenvalue weighted by molar-refractivity contribution is 7.33. The van der Waals surface area contributed by atoms with Gasteiger partial charge in [-0.3, -0.25) is 10.1 Å². The van der Waals surface area contributed by atoms with Crippen molar-refractivity contribution in [2.45, 2.75) is 13.8 Å². The third-order valence-electron chi connectivity index (χ3n) is 2.97. The summed E-state index contributed by atoms with van der Waals surface area (Å²) in [6, 6.07) is 8.50. The van der Waals surface area contributed by atoms with Crippen LogP contribution < -0.4 is 11.1 Å². The van der Waals surface area contributed by atoms with E-state index >= 15 is 0 Å². The summed E-state index contributed by atoms with van der Waals surface area (Å²) in [6.07, 6.45) is 0. The first-order chi connectivity index (χ1) is 11.5. The van der Waals surface area contributed by atoms with E-state index in [4.69, 9.17) is 5.73 Å². The predicted octanol–water partition coefficient (Wildman–Crippen LogP) is 4.09. The molecule has 2 rings (SSSR count). The molecule has 0 fully saturated rings. The van der Waals surface area contributed by atoms with Gasteiger partial charge in [0.05, 0.1) is 21.7 Å². The first-order valence-electron chi connectivity index (χ1n) is 7.32. The Bertz CT molecular complexity index is 716. The standard InChI is InChI=1S/C11H11N3O2.C4H10O3P/c1-13-11-8-5-3-2-4-7(8)10(14(15)16)6-9(11)12;1-3-6-8(5)7-4-2/h2-6,13H,12H2,1H3;3-4H2,1-2H3/q;+1. The van der Waals surface area contributed by atoms with Gasteiger partial charge in [0.2, 0.25) is 0 Å². The summed E-state index contributed by atoms with van der Waals surface area (Å²) in [5.74, 6) is 0. The maximum Gasteiger partial charge on any atom is 0.697 e. The predicted molar refractivity (Wildman–Crippen MR) is 95.4 cm³/mol. The second-order valence-corrected chi connectivity index (χ2v) is 5.44. The van der Waals surface area contributed by atoms with Gasteiger partial charge in [-0.2, -0.15) is 0 Å². The third-order valence-corrected chi connectivity index (χ3v) is 3.91. The summed E-state index contributed by atoms with van der Waals surface area (Å²) < 4.78 is 19.5. The summed E-state index contributed by atoms with van der Waals surface area (Å²) in [7, 11) is -0.0907. The maximum atomic E-state index is 10.9. The largest absolute Gasteiger partial charge is 0.697 e. The van der Waals surface area contributed by atoms with Crippen LogP contribution in [0.4, 0.5) is 17.1 Å². The lowest BCUT2D eigenvalue weighted by Crippen LogP contribution is -1.99. The number of nitro benzene ring substituents is 1. The molecule has 0 saturated heterocycles. The summed E-state index contributed by atoms with van der Waals surface area (Å²) in [6.45, 7) is 4.42. The lowest BCUT2D eigenvalue weighted by molar-refractivity contribution is -0.383. The Morgan fingerprint density at radius 1 is 1.21 bits per heavy atom. The first-order valence-corrected chi connectivity index (χ1v) is 8.42. The Hall–Kier alpha value is -2.28. The second-order valence-electron chi connectivity index (χ2n) is 4.47. The zero-order valence-electron chi connectivity index (χ0n) is 13.8. The van der Waals surface area contributed by atoms with Gasteiger partial charge in [0, 0.05) is 23.1 Å². The number of fused-ring (bicyclic) bond motifs is 1. The zero-order chi connectivity index (χ0) is 18.1. The van der Waals surface area contributed by atoms with E-state index in [1.807, 2.05) is 12.1 Å². The molecule has 0 amide bonds. The Morgan fingerprint density at radius 2 is 1.75 bits per heavy atom. The van der Waals surface area contributed by atoms with Crippen LogP contribution in [0.2, 0.25) is 0 Å². The zero-order valence-corrected chi connectivity index (χ0v) is 14.7. The van der Waals surface area contributed by atoms with Crippen LogP contribution >= 0.6 is 8.25 Å². The summed E-state index contributed by atoms with van der Waals surface area (Å²) in [4.78, 5) is 10.5. The van der Waals surface area contributed by atoms with Crippen LogP contribution in [0.25, 0.3) is 10.8 Å². The highest BCUT2D eigenvalue weighted by Gasteiger charge is 2.16. The topological polar surface area (TPSA) is 117 Å². The fourth-order valence-electron chi connectivity index (χ4n) is 2.06. The molecule has 0 aliphatic rings. The number of nitrogen functional groups attached to an aromatic ring is 1. The van der Waals surface area contributed by atoms with Crippen LogP contribution in [0.15, 0.2) is 30.3 Å². The number of nitro groups is 1. The van der Waals surface area contributed by atoms with Gasteiger partial charge in [-0.25, -0.2) is 0 Å². The Kier molecular flexibility index (Phi) is 8.05. The van der Waals surface area contributed by atoms with Crippen molar-refractivity contribution < 1.29 is 18.5 Å². The maximum absolute atomic E-state index is 10.9. The van der Waals surface area contributed by atoms with E-state index < -0.39 is 13.2 Å². The number of hydrogen-bond acceptors (Lipinski definition) is 7. The SMILES string of the molecule is CCO[P+](=O)OCC.CNc1c(N)cc([N+](=O)[O-])c2ccccc12. The van der Waals surface area contributed by atoms with Crippen molar-refractivity contribution in [1.82, 2.24) is 0 Å². The molecule has 0 radical (unpaired) electrons. The second kappa shape index (κ2) is 9.77. The molecule has 24 heavy (non-hydrogen) atoms. The monoisotopic (exact) mass is 354 g/mol. The fourth-order valence-corrected chi connectivity index (χ4v) is 2.55. The van der Waals surface area contributed by atoms with Gasteiger partial charge >= 0.3 is 8.25 Å². The first kappa shape index (κ1) is 19.8. The summed E-state index contributed by atoms with van der Waals surface area (Å²) >= 11 is 0. The van der Waals surface area contributed by atoms with E-state index in [1.54, 1.807) is 33.0 Å². The molecule has 9 heteroatoms. The molecule has 2 aromatic carbocycles. The Labute approximate surface area is 141 Å². The van der Waals surface area contributed by atoms with Gasteiger partial charge < -0.3 is 11.1 Å². The van der Waals surface area contributed by atoms with E-state index in [2.05, 4.69) is 14.4 Å². The summed E-state index contributed by atoms with van der Waals surface area (Å²) in [5.41, 5.74) is 6.91. The molecule has 0 aliphatic carbocycles. The van der Waals surface area contributed by atoms with Crippen molar-refractivity contribution in [1.29, 1.82) is 0 Å². The number of nitrogens with zero attached hydrogens (tertiary/aromatic N) is 1. The quantitative estimate of drug-likeness (QED) is 0.347. The highest BCUT2D eigenvalue weighted by Crippen LogP contribution is 2.35. The van der Waals surface area contributed by atoms with E-state index in [0.717, 1.165) is 11.1 Å². The molecule has 130 valence electrons. The molecule has 0 aliphatic heterocycles. The van der Waals surface area contributed by atoms with Gasteiger partial charge in [-0.1, -0.05) is 18.2 Å². The van der Waals surface area contributed by atoms with Gasteiger partial charge in [-0.05, 0) is 19.9 Å². The minimum Gasteiger partial charge on any atom is -0.397 e. The number of nitrogens with one attached hydrogen (secondary N) is 1. The van der Waals surface area contributed by atoms with Crippen molar-refractivity contribution in [2.75, 3.05) is 31.3 Å². The molecule has 2 aromatic rings. The molecule has 8 nitrogen and oxygen atoms in total. The molecular weight excluding hydrogens is 333 g/mol. The van der Waals surface area contributed by atoms with Gasteiger partial charge in [0.25, 0.3) is 5.69 Å². The fraction of sp³-hybridized carbons (Fsp3) is 0.333. The molecule has 0 saturated carbocycles. The van der Waals surface area contributed by atoms with Crippen molar-refractivity contribution in [3.05, 3.63) is 40.4 Å². The molecule has 0 spiro atoms. The lowest BCUT2D eigenvalue weighted by atomic mass is 10.1. The number of rotatable bonds is 6. The van der Waals surface area contributed by atoms with E-state index in [1.165, 1.54) is 6.07 Å². The lowest BCUT2D eigenvalue weighted by Gasteiger charge is -2.09. The Morgan fingerprint density at radius 3 is 2.21 bits per heavy atom.